The third kappa shape index (κ3) is 1.05. The first-order chi connectivity index (χ1) is 5.83. The molecule has 2 nitrogen and oxygen atoms in total. The molecule has 0 aromatic heterocycles. The fourth-order valence-electron chi connectivity index (χ4n) is 1.54. The van der Waals surface area contributed by atoms with Crippen molar-refractivity contribution in [3.05, 3.63) is 28.2 Å². The summed E-state index contributed by atoms with van der Waals surface area (Å²) in [6.45, 7) is 0.807. The van der Waals surface area contributed by atoms with E-state index in [9.17, 15) is 4.79 Å². The van der Waals surface area contributed by atoms with Crippen LogP contribution in [-0.4, -0.2) is 13.0 Å². The number of nitrogens with zero attached hydrogens (tertiary/aromatic N) is 1. The Morgan fingerprint density at radius 1 is 1.50 bits per heavy atom. The summed E-state index contributed by atoms with van der Waals surface area (Å²) in [5.74, 6) is 0. The smallest absolute Gasteiger partial charge is 0.214 e. The van der Waals surface area contributed by atoms with Crippen molar-refractivity contribution in [1.29, 1.82) is 0 Å². The minimum absolute atomic E-state index is 0.807. The van der Waals surface area contributed by atoms with E-state index in [2.05, 4.69) is 22.0 Å². The Balaban J connectivity index is 2.55. The fraction of sp³-hybridized carbons (Fsp3) is 0.222. The lowest BCUT2D eigenvalue weighted by Crippen LogP contribution is -2.17. The number of anilines is 1. The Morgan fingerprint density at radius 3 is 3.08 bits per heavy atom. The zero-order valence-electron chi connectivity index (χ0n) is 6.46. The molecular formula is C9H8BrNO. The summed E-state index contributed by atoms with van der Waals surface area (Å²) in [7, 11) is 0. The zero-order valence-corrected chi connectivity index (χ0v) is 8.04. The van der Waals surface area contributed by atoms with Gasteiger partial charge in [0.25, 0.3) is 0 Å². The molecule has 0 atom stereocenters. The Labute approximate surface area is 79.3 Å². The molecular weight excluding hydrogens is 218 g/mol. The zero-order chi connectivity index (χ0) is 8.55. The first-order valence-corrected chi connectivity index (χ1v) is 4.61. The van der Waals surface area contributed by atoms with Crippen molar-refractivity contribution >= 4 is 28.0 Å². The summed E-state index contributed by atoms with van der Waals surface area (Å²) < 4.78 is 1.00. The SMILES string of the molecule is O=CN1CCc2cccc(Br)c21. The van der Waals surface area contributed by atoms with Gasteiger partial charge in [-0.2, -0.15) is 0 Å². The second-order valence-electron chi connectivity index (χ2n) is 2.80. The highest BCUT2D eigenvalue weighted by Crippen LogP contribution is 2.33. The molecule has 1 aromatic rings. The van der Waals surface area contributed by atoms with Crippen molar-refractivity contribution in [3.8, 4) is 0 Å². The minimum Gasteiger partial charge on any atom is -0.313 e. The van der Waals surface area contributed by atoms with Gasteiger partial charge in [0.2, 0.25) is 6.41 Å². The molecule has 0 aliphatic carbocycles. The van der Waals surface area contributed by atoms with E-state index >= 15 is 0 Å². The first kappa shape index (κ1) is 7.80. The van der Waals surface area contributed by atoms with Crippen LogP contribution in [0.25, 0.3) is 0 Å². The second kappa shape index (κ2) is 2.90. The number of halogens is 1. The van der Waals surface area contributed by atoms with Gasteiger partial charge in [0.05, 0.1) is 5.69 Å². The highest BCUT2D eigenvalue weighted by Gasteiger charge is 2.19. The minimum atomic E-state index is 0.807. The molecule has 1 heterocycles. The van der Waals surface area contributed by atoms with Gasteiger partial charge >= 0.3 is 0 Å². The predicted octanol–water partition coefficient (Wildman–Crippen LogP) is 1.97. The van der Waals surface area contributed by atoms with Gasteiger partial charge in [0.1, 0.15) is 0 Å². The van der Waals surface area contributed by atoms with Crippen LogP contribution in [-0.2, 0) is 11.2 Å². The number of fused-ring (bicyclic) bond motifs is 1. The van der Waals surface area contributed by atoms with Crippen LogP contribution in [0.5, 0.6) is 0 Å². The van der Waals surface area contributed by atoms with E-state index in [1.54, 1.807) is 4.90 Å². The summed E-state index contributed by atoms with van der Waals surface area (Å²) >= 11 is 3.43. The highest BCUT2D eigenvalue weighted by atomic mass is 79.9. The van der Waals surface area contributed by atoms with E-state index in [1.807, 2.05) is 12.1 Å². The van der Waals surface area contributed by atoms with Crippen LogP contribution >= 0.6 is 15.9 Å². The Hall–Kier alpha value is -0.830. The summed E-state index contributed by atoms with van der Waals surface area (Å²) in [6, 6.07) is 6.02. The molecule has 1 aliphatic rings. The average Bonchev–Trinajstić information content (AvgIpc) is 2.49. The average molecular weight is 226 g/mol. The van der Waals surface area contributed by atoms with Crippen LogP contribution in [0.3, 0.4) is 0 Å². The monoisotopic (exact) mass is 225 g/mol. The van der Waals surface area contributed by atoms with E-state index in [0.29, 0.717) is 0 Å². The van der Waals surface area contributed by atoms with Gasteiger partial charge in [-0.05, 0) is 34.0 Å². The largest absolute Gasteiger partial charge is 0.313 e. The van der Waals surface area contributed by atoms with Crippen LogP contribution in [0.4, 0.5) is 5.69 Å². The molecule has 1 aromatic carbocycles. The van der Waals surface area contributed by atoms with Crippen molar-refractivity contribution in [2.24, 2.45) is 0 Å². The molecule has 0 saturated carbocycles. The Kier molecular flexibility index (Phi) is 1.89. The normalized spacial score (nSPS) is 14.6. The number of amides is 1. The summed E-state index contributed by atoms with van der Waals surface area (Å²) in [4.78, 5) is 12.4. The molecule has 12 heavy (non-hydrogen) atoms. The summed E-state index contributed by atoms with van der Waals surface area (Å²) in [6.07, 6.45) is 1.85. The maximum absolute atomic E-state index is 10.6. The lowest BCUT2D eigenvalue weighted by Gasteiger charge is -2.11. The molecule has 1 amide bonds. The lowest BCUT2D eigenvalue weighted by atomic mass is 10.2. The topological polar surface area (TPSA) is 20.3 Å². The first-order valence-electron chi connectivity index (χ1n) is 3.82. The lowest BCUT2D eigenvalue weighted by molar-refractivity contribution is -0.107. The Morgan fingerprint density at radius 2 is 2.33 bits per heavy atom. The van der Waals surface area contributed by atoms with Gasteiger partial charge in [0.15, 0.2) is 0 Å². The van der Waals surface area contributed by atoms with Crippen LogP contribution in [0.15, 0.2) is 22.7 Å². The molecule has 0 saturated heterocycles. The number of hydrogen-bond acceptors (Lipinski definition) is 1. The summed E-state index contributed by atoms with van der Waals surface area (Å²) in [5, 5.41) is 0. The van der Waals surface area contributed by atoms with Gasteiger partial charge in [0, 0.05) is 11.0 Å². The molecule has 0 fully saturated rings. The molecule has 3 heteroatoms. The van der Waals surface area contributed by atoms with Gasteiger partial charge in [-0.3, -0.25) is 4.79 Å². The van der Waals surface area contributed by atoms with Crippen LogP contribution in [0, 0.1) is 0 Å². The molecule has 0 bridgehead atoms. The number of carbonyl (C=O) groups is 1. The maximum Gasteiger partial charge on any atom is 0.214 e. The van der Waals surface area contributed by atoms with E-state index in [1.165, 1.54) is 5.56 Å². The van der Waals surface area contributed by atoms with Crippen molar-refractivity contribution in [2.45, 2.75) is 6.42 Å². The van der Waals surface area contributed by atoms with Gasteiger partial charge in [-0.25, -0.2) is 0 Å². The van der Waals surface area contributed by atoms with Crippen LogP contribution < -0.4 is 4.90 Å². The molecule has 0 spiro atoms. The summed E-state index contributed by atoms with van der Waals surface area (Å²) in [5.41, 5.74) is 2.28. The number of carbonyl (C=O) groups excluding carboxylic acids is 1. The van der Waals surface area contributed by atoms with Gasteiger partial charge in [-0.1, -0.05) is 12.1 Å². The number of rotatable bonds is 1. The van der Waals surface area contributed by atoms with Crippen molar-refractivity contribution < 1.29 is 4.79 Å². The third-order valence-electron chi connectivity index (χ3n) is 2.11. The van der Waals surface area contributed by atoms with Crippen molar-refractivity contribution in [3.63, 3.8) is 0 Å². The molecule has 0 N–H and O–H groups in total. The molecule has 0 radical (unpaired) electrons. The fourth-order valence-corrected chi connectivity index (χ4v) is 2.18. The second-order valence-corrected chi connectivity index (χ2v) is 3.65. The van der Waals surface area contributed by atoms with Gasteiger partial charge < -0.3 is 4.90 Å². The quantitative estimate of drug-likeness (QED) is 0.670. The van der Waals surface area contributed by atoms with E-state index < -0.39 is 0 Å². The number of benzene rings is 1. The third-order valence-corrected chi connectivity index (χ3v) is 2.75. The molecule has 1 aliphatic heterocycles. The van der Waals surface area contributed by atoms with E-state index in [-0.39, 0.29) is 0 Å². The maximum atomic E-state index is 10.6. The van der Waals surface area contributed by atoms with E-state index in [4.69, 9.17) is 0 Å². The van der Waals surface area contributed by atoms with Crippen LogP contribution in [0.2, 0.25) is 0 Å². The van der Waals surface area contributed by atoms with Gasteiger partial charge in [-0.15, -0.1) is 0 Å². The van der Waals surface area contributed by atoms with E-state index in [0.717, 1.165) is 29.5 Å². The molecule has 62 valence electrons. The molecule has 0 unspecified atom stereocenters. The molecule has 2 rings (SSSR count). The Bertz CT molecular complexity index is 324. The van der Waals surface area contributed by atoms with Crippen molar-refractivity contribution in [1.82, 2.24) is 0 Å². The standard InChI is InChI=1S/C9H8BrNO/c10-8-3-1-2-7-4-5-11(6-12)9(7)8/h1-3,6H,4-5H2. The number of hydrogen-bond donors (Lipinski definition) is 0. The van der Waals surface area contributed by atoms with Crippen LogP contribution in [0.1, 0.15) is 5.56 Å². The predicted molar refractivity (Wildman–Crippen MR) is 51.3 cm³/mol. The highest BCUT2D eigenvalue weighted by molar-refractivity contribution is 9.10. The van der Waals surface area contributed by atoms with Crippen molar-refractivity contribution in [2.75, 3.05) is 11.4 Å². The number of para-hydroxylation sites is 1.